The predicted octanol–water partition coefficient (Wildman–Crippen LogP) is 0.0635. The predicted molar refractivity (Wildman–Crippen MR) is 81.1 cm³/mol. The van der Waals surface area contributed by atoms with Crippen molar-refractivity contribution in [3.63, 3.8) is 0 Å². The Hall–Kier alpha value is -0.690. The van der Waals surface area contributed by atoms with Gasteiger partial charge in [-0.2, -0.15) is 0 Å². The van der Waals surface area contributed by atoms with Gasteiger partial charge in [-0.3, -0.25) is 9.69 Å². The maximum absolute atomic E-state index is 12.8. The van der Waals surface area contributed by atoms with E-state index >= 15 is 0 Å². The molecule has 0 saturated carbocycles. The molecule has 0 aromatic heterocycles. The third-order valence-corrected chi connectivity index (χ3v) is 4.76. The SMILES string of the molecule is CCC1CN(C(=O)C2(N)CCOCC2)CCN1CCOC. The fraction of sp³-hybridized carbons (Fsp3) is 0.933. The lowest BCUT2D eigenvalue weighted by atomic mass is 9.89. The molecule has 21 heavy (non-hydrogen) atoms. The molecule has 2 N–H and O–H groups in total. The highest BCUT2D eigenvalue weighted by atomic mass is 16.5. The molecule has 2 rings (SSSR count). The van der Waals surface area contributed by atoms with E-state index in [9.17, 15) is 4.79 Å². The van der Waals surface area contributed by atoms with Gasteiger partial charge in [0.1, 0.15) is 0 Å². The largest absolute Gasteiger partial charge is 0.383 e. The molecule has 0 aromatic carbocycles. The van der Waals surface area contributed by atoms with Crippen LogP contribution in [-0.4, -0.2) is 80.4 Å². The zero-order chi connectivity index (χ0) is 15.3. The first kappa shape index (κ1) is 16.7. The molecule has 0 aromatic rings. The fourth-order valence-corrected chi connectivity index (χ4v) is 3.23. The van der Waals surface area contributed by atoms with Crippen LogP contribution in [0.4, 0.5) is 0 Å². The van der Waals surface area contributed by atoms with Gasteiger partial charge >= 0.3 is 0 Å². The number of carbonyl (C=O) groups excluding carboxylic acids is 1. The topological polar surface area (TPSA) is 68.0 Å². The van der Waals surface area contributed by atoms with Crippen LogP contribution in [0.25, 0.3) is 0 Å². The molecule has 2 fully saturated rings. The first-order valence-electron chi connectivity index (χ1n) is 7.99. The van der Waals surface area contributed by atoms with Crippen molar-refractivity contribution in [3.05, 3.63) is 0 Å². The molecule has 0 aliphatic carbocycles. The molecule has 6 nitrogen and oxygen atoms in total. The highest BCUT2D eigenvalue weighted by Gasteiger charge is 2.41. The van der Waals surface area contributed by atoms with Gasteiger partial charge in [0.15, 0.2) is 0 Å². The van der Waals surface area contributed by atoms with E-state index in [0.717, 1.165) is 39.2 Å². The second-order valence-electron chi connectivity index (χ2n) is 6.11. The van der Waals surface area contributed by atoms with Gasteiger partial charge in [-0.05, 0) is 19.3 Å². The number of piperazine rings is 1. The van der Waals surface area contributed by atoms with Crippen LogP contribution in [0.1, 0.15) is 26.2 Å². The van der Waals surface area contributed by atoms with E-state index in [2.05, 4.69) is 11.8 Å². The standard InChI is InChI=1S/C15H29N3O3/c1-3-13-12-18(7-6-17(13)8-11-20-2)14(19)15(16)4-9-21-10-5-15/h13H,3-12,16H2,1-2H3. The van der Waals surface area contributed by atoms with Crippen LogP contribution in [0.3, 0.4) is 0 Å². The summed E-state index contributed by atoms with van der Waals surface area (Å²) in [4.78, 5) is 17.1. The van der Waals surface area contributed by atoms with E-state index in [1.54, 1.807) is 7.11 Å². The van der Waals surface area contributed by atoms with Gasteiger partial charge in [-0.25, -0.2) is 0 Å². The smallest absolute Gasteiger partial charge is 0.242 e. The Bertz CT molecular complexity index is 345. The Labute approximate surface area is 127 Å². The van der Waals surface area contributed by atoms with Crippen LogP contribution >= 0.6 is 0 Å². The van der Waals surface area contributed by atoms with Crippen LogP contribution in [-0.2, 0) is 14.3 Å². The number of ether oxygens (including phenoxy) is 2. The van der Waals surface area contributed by atoms with Crippen molar-refractivity contribution in [1.29, 1.82) is 0 Å². The number of hydrogen-bond donors (Lipinski definition) is 1. The third kappa shape index (κ3) is 3.94. The Morgan fingerprint density at radius 1 is 1.38 bits per heavy atom. The van der Waals surface area contributed by atoms with Gasteiger partial charge in [0, 0.05) is 52.5 Å². The minimum Gasteiger partial charge on any atom is -0.383 e. The lowest BCUT2D eigenvalue weighted by molar-refractivity contribution is -0.143. The normalized spacial score (nSPS) is 26.8. The van der Waals surface area contributed by atoms with Crippen LogP contribution in [0.5, 0.6) is 0 Å². The summed E-state index contributed by atoms with van der Waals surface area (Å²) in [5.74, 6) is 0.107. The van der Waals surface area contributed by atoms with Crippen LogP contribution < -0.4 is 5.73 Å². The quantitative estimate of drug-likeness (QED) is 0.778. The van der Waals surface area contributed by atoms with E-state index in [0.29, 0.717) is 32.1 Å². The van der Waals surface area contributed by atoms with E-state index < -0.39 is 5.54 Å². The molecule has 122 valence electrons. The Kier molecular flexibility index (Phi) is 5.98. The van der Waals surface area contributed by atoms with Crippen molar-refractivity contribution in [1.82, 2.24) is 9.80 Å². The number of carbonyl (C=O) groups is 1. The number of amides is 1. The van der Waals surface area contributed by atoms with E-state index in [1.165, 1.54) is 0 Å². The monoisotopic (exact) mass is 299 g/mol. The Morgan fingerprint density at radius 3 is 2.71 bits per heavy atom. The van der Waals surface area contributed by atoms with Gasteiger partial charge in [-0.1, -0.05) is 6.92 Å². The van der Waals surface area contributed by atoms with Gasteiger partial charge in [0.2, 0.25) is 5.91 Å². The molecule has 0 bridgehead atoms. The lowest BCUT2D eigenvalue weighted by Crippen LogP contribution is -2.63. The minimum atomic E-state index is -0.717. The van der Waals surface area contributed by atoms with Crippen LogP contribution in [0, 0.1) is 0 Å². The van der Waals surface area contributed by atoms with Crippen molar-refractivity contribution in [2.75, 3.05) is 53.1 Å². The molecular weight excluding hydrogens is 270 g/mol. The Balaban J connectivity index is 1.94. The average molecular weight is 299 g/mol. The maximum atomic E-state index is 12.8. The summed E-state index contributed by atoms with van der Waals surface area (Å²) < 4.78 is 10.5. The van der Waals surface area contributed by atoms with E-state index in [-0.39, 0.29) is 5.91 Å². The van der Waals surface area contributed by atoms with Crippen molar-refractivity contribution >= 4 is 5.91 Å². The zero-order valence-corrected chi connectivity index (χ0v) is 13.3. The van der Waals surface area contributed by atoms with Gasteiger partial charge < -0.3 is 20.1 Å². The van der Waals surface area contributed by atoms with Crippen molar-refractivity contribution in [3.8, 4) is 0 Å². The van der Waals surface area contributed by atoms with Gasteiger partial charge in [0.25, 0.3) is 0 Å². The summed E-state index contributed by atoms with van der Waals surface area (Å²) in [5.41, 5.74) is 5.61. The first-order chi connectivity index (χ1) is 10.1. The fourth-order valence-electron chi connectivity index (χ4n) is 3.23. The van der Waals surface area contributed by atoms with E-state index in [1.807, 2.05) is 4.90 Å². The van der Waals surface area contributed by atoms with Crippen molar-refractivity contribution in [2.45, 2.75) is 37.8 Å². The second kappa shape index (κ2) is 7.54. The number of nitrogens with two attached hydrogens (primary N) is 1. The zero-order valence-electron chi connectivity index (χ0n) is 13.3. The Morgan fingerprint density at radius 2 is 2.10 bits per heavy atom. The van der Waals surface area contributed by atoms with Gasteiger partial charge in [-0.15, -0.1) is 0 Å². The van der Waals surface area contributed by atoms with E-state index in [4.69, 9.17) is 15.2 Å². The average Bonchev–Trinajstić information content (AvgIpc) is 2.52. The summed E-state index contributed by atoms with van der Waals surface area (Å²) in [6, 6.07) is 0.404. The minimum absolute atomic E-state index is 0.107. The molecular formula is C15H29N3O3. The molecule has 0 radical (unpaired) electrons. The number of hydrogen-bond acceptors (Lipinski definition) is 5. The highest BCUT2D eigenvalue weighted by Crippen LogP contribution is 2.23. The third-order valence-electron chi connectivity index (χ3n) is 4.76. The molecule has 0 spiro atoms. The lowest BCUT2D eigenvalue weighted by Gasteiger charge is -2.44. The molecule has 2 saturated heterocycles. The summed E-state index contributed by atoms with van der Waals surface area (Å²) in [6.07, 6.45) is 2.30. The summed E-state index contributed by atoms with van der Waals surface area (Å²) >= 11 is 0. The highest BCUT2D eigenvalue weighted by molar-refractivity contribution is 5.86. The number of rotatable bonds is 5. The number of nitrogens with zero attached hydrogens (tertiary/aromatic N) is 2. The molecule has 1 amide bonds. The molecule has 2 heterocycles. The summed E-state index contributed by atoms with van der Waals surface area (Å²) in [5, 5.41) is 0. The first-order valence-corrected chi connectivity index (χ1v) is 7.99. The summed E-state index contributed by atoms with van der Waals surface area (Å²) in [6.45, 7) is 7.46. The molecule has 1 unspecified atom stereocenters. The maximum Gasteiger partial charge on any atom is 0.242 e. The van der Waals surface area contributed by atoms with Crippen LogP contribution in [0.15, 0.2) is 0 Å². The molecule has 2 aliphatic rings. The second-order valence-corrected chi connectivity index (χ2v) is 6.11. The van der Waals surface area contributed by atoms with Gasteiger partial charge in [0.05, 0.1) is 12.1 Å². The molecule has 2 aliphatic heterocycles. The number of methoxy groups -OCH3 is 1. The molecule has 1 atom stereocenters. The van der Waals surface area contributed by atoms with Crippen molar-refractivity contribution in [2.24, 2.45) is 5.73 Å². The molecule has 6 heteroatoms. The van der Waals surface area contributed by atoms with Crippen LogP contribution in [0.2, 0.25) is 0 Å². The van der Waals surface area contributed by atoms with Crippen molar-refractivity contribution < 1.29 is 14.3 Å². The summed E-state index contributed by atoms with van der Waals surface area (Å²) in [7, 11) is 1.73.